The number of aliphatic hydroxyl groups excluding tert-OH is 1. The summed E-state index contributed by atoms with van der Waals surface area (Å²) in [5.41, 5.74) is 0. The predicted octanol–water partition coefficient (Wildman–Crippen LogP) is -0.0323. The molecule has 0 aromatic carbocycles. The zero-order chi connectivity index (χ0) is 10.8. The van der Waals surface area contributed by atoms with E-state index in [9.17, 15) is 9.90 Å². The Kier molecular flexibility index (Phi) is 3.26. The molecule has 0 aromatic heterocycles. The molecular formula is C11H20N2O2. The molecule has 2 aliphatic heterocycles. The molecular weight excluding hydrogens is 192 g/mol. The fourth-order valence-electron chi connectivity index (χ4n) is 2.55. The molecule has 2 N–H and O–H groups in total. The lowest BCUT2D eigenvalue weighted by Crippen LogP contribution is -2.38. The summed E-state index contributed by atoms with van der Waals surface area (Å²) in [5.74, 6) is 0.605. The minimum Gasteiger partial charge on any atom is -0.393 e. The van der Waals surface area contributed by atoms with E-state index >= 15 is 0 Å². The van der Waals surface area contributed by atoms with Crippen LogP contribution in [0.25, 0.3) is 0 Å². The van der Waals surface area contributed by atoms with Crippen LogP contribution in [-0.2, 0) is 4.79 Å². The fourth-order valence-corrected chi connectivity index (χ4v) is 2.55. The van der Waals surface area contributed by atoms with E-state index in [0.717, 1.165) is 32.5 Å². The molecule has 2 aliphatic rings. The quantitative estimate of drug-likeness (QED) is 0.690. The number of carbonyl (C=O) groups is 1. The maximum atomic E-state index is 11.0. The van der Waals surface area contributed by atoms with Crippen LogP contribution in [0.1, 0.15) is 26.2 Å². The molecule has 2 heterocycles. The number of nitrogens with one attached hydrogen (secondary N) is 1. The highest BCUT2D eigenvalue weighted by atomic mass is 16.3. The highest BCUT2D eigenvalue weighted by Gasteiger charge is 2.29. The standard InChI is InChI=1S/C11H20N2O2/c1-8(14)9-4-5-13(6-9)7-10-2-3-11(15)12-10/h8-10,14H,2-7H2,1H3,(H,12,15). The van der Waals surface area contributed by atoms with Crippen LogP contribution in [0.3, 0.4) is 0 Å². The van der Waals surface area contributed by atoms with Crippen molar-refractivity contribution in [1.29, 1.82) is 0 Å². The van der Waals surface area contributed by atoms with Crippen molar-refractivity contribution in [2.75, 3.05) is 19.6 Å². The smallest absolute Gasteiger partial charge is 0.220 e. The number of hydrogen-bond acceptors (Lipinski definition) is 3. The van der Waals surface area contributed by atoms with Crippen LogP contribution in [0.2, 0.25) is 0 Å². The number of aliphatic hydroxyl groups is 1. The van der Waals surface area contributed by atoms with Crippen molar-refractivity contribution in [2.45, 2.75) is 38.3 Å². The molecule has 0 bridgehead atoms. The summed E-state index contributed by atoms with van der Waals surface area (Å²) in [5, 5.41) is 12.5. The SMILES string of the molecule is CC(O)C1CCN(CC2CCC(=O)N2)C1. The van der Waals surface area contributed by atoms with Gasteiger partial charge in [0.2, 0.25) is 5.91 Å². The zero-order valence-electron chi connectivity index (χ0n) is 9.28. The van der Waals surface area contributed by atoms with Crippen molar-refractivity contribution >= 4 is 5.91 Å². The monoisotopic (exact) mass is 212 g/mol. The molecule has 0 radical (unpaired) electrons. The second kappa shape index (κ2) is 4.49. The molecule has 15 heavy (non-hydrogen) atoms. The highest BCUT2D eigenvalue weighted by molar-refractivity contribution is 5.78. The summed E-state index contributed by atoms with van der Waals surface area (Å²) in [7, 11) is 0. The first kappa shape index (κ1) is 10.9. The van der Waals surface area contributed by atoms with Crippen molar-refractivity contribution in [3.05, 3.63) is 0 Å². The Morgan fingerprint density at radius 3 is 2.93 bits per heavy atom. The summed E-state index contributed by atoms with van der Waals surface area (Å²) in [6.45, 7) is 4.85. The number of nitrogens with zero attached hydrogens (tertiary/aromatic N) is 1. The molecule has 2 saturated heterocycles. The first-order valence-electron chi connectivity index (χ1n) is 5.85. The summed E-state index contributed by atoms with van der Waals surface area (Å²) >= 11 is 0. The van der Waals surface area contributed by atoms with Crippen molar-refractivity contribution in [3.63, 3.8) is 0 Å². The lowest BCUT2D eigenvalue weighted by molar-refractivity contribution is -0.119. The van der Waals surface area contributed by atoms with E-state index in [1.54, 1.807) is 0 Å². The van der Waals surface area contributed by atoms with Crippen LogP contribution in [-0.4, -0.2) is 47.7 Å². The predicted molar refractivity (Wildman–Crippen MR) is 57.4 cm³/mol. The third kappa shape index (κ3) is 2.69. The van der Waals surface area contributed by atoms with E-state index in [1.807, 2.05) is 6.92 Å². The Bertz CT molecular complexity index is 243. The first-order valence-corrected chi connectivity index (χ1v) is 5.85. The van der Waals surface area contributed by atoms with Gasteiger partial charge in [-0.05, 0) is 32.2 Å². The van der Waals surface area contributed by atoms with Crippen LogP contribution in [0.15, 0.2) is 0 Å². The summed E-state index contributed by atoms with van der Waals surface area (Å²) in [6.07, 6.45) is 2.53. The van der Waals surface area contributed by atoms with Gasteiger partial charge in [-0.15, -0.1) is 0 Å². The number of amides is 1. The van der Waals surface area contributed by atoms with Gasteiger partial charge in [0.15, 0.2) is 0 Å². The van der Waals surface area contributed by atoms with Crippen molar-refractivity contribution in [1.82, 2.24) is 10.2 Å². The van der Waals surface area contributed by atoms with Gasteiger partial charge in [-0.2, -0.15) is 0 Å². The average Bonchev–Trinajstić information content (AvgIpc) is 2.76. The Morgan fingerprint density at radius 2 is 2.40 bits per heavy atom. The van der Waals surface area contributed by atoms with Gasteiger partial charge in [-0.1, -0.05) is 0 Å². The molecule has 0 spiro atoms. The maximum Gasteiger partial charge on any atom is 0.220 e. The lowest BCUT2D eigenvalue weighted by atomic mass is 10.0. The molecule has 0 aromatic rings. The van der Waals surface area contributed by atoms with Gasteiger partial charge in [-0.25, -0.2) is 0 Å². The topological polar surface area (TPSA) is 52.6 Å². The van der Waals surface area contributed by atoms with Crippen LogP contribution in [0.5, 0.6) is 0 Å². The Labute approximate surface area is 90.6 Å². The number of hydrogen-bond donors (Lipinski definition) is 2. The van der Waals surface area contributed by atoms with Crippen LogP contribution < -0.4 is 5.32 Å². The molecule has 2 rings (SSSR count). The Hall–Kier alpha value is -0.610. The van der Waals surface area contributed by atoms with E-state index in [1.165, 1.54) is 0 Å². The molecule has 4 heteroatoms. The lowest BCUT2D eigenvalue weighted by Gasteiger charge is -2.20. The van der Waals surface area contributed by atoms with Gasteiger partial charge in [0, 0.05) is 25.6 Å². The zero-order valence-corrected chi connectivity index (χ0v) is 9.28. The van der Waals surface area contributed by atoms with Gasteiger partial charge >= 0.3 is 0 Å². The third-order valence-electron chi connectivity index (χ3n) is 3.55. The maximum absolute atomic E-state index is 11.0. The van der Waals surface area contributed by atoms with Gasteiger partial charge in [0.25, 0.3) is 0 Å². The second-order valence-corrected chi connectivity index (χ2v) is 4.85. The molecule has 0 saturated carbocycles. The second-order valence-electron chi connectivity index (χ2n) is 4.85. The van der Waals surface area contributed by atoms with Crippen molar-refractivity contribution < 1.29 is 9.90 Å². The Morgan fingerprint density at radius 1 is 1.60 bits per heavy atom. The number of likely N-dealkylation sites (tertiary alicyclic amines) is 1. The largest absolute Gasteiger partial charge is 0.393 e. The minimum absolute atomic E-state index is 0.186. The number of carbonyl (C=O) groups excluding carboxylic acids is 1. The van der Waals surface area contributed by atoms with Crippen molar-refractivity contribution in [3.8, 4) is 0 Å². The molecule has 86 valence electrons. The van der Waals surface area contributed by atoms with Gasteiger partial charge in [-0.3, -0.25) is 4.79 Å². The Balaban J connectivity index is 1.75. The molecule has 2 fully saturated rings. The normalized spacial score (nSPS) is 34.4. The molecule has 3 atom stereocenters. The third-order valence-corrected chi connectivity index (χ3v) is 3.55. The molecule has 0 aliphatic carbocycles. The van der Waals surface area contributed by atoms with Crippen LogP contribution >= 0.6 is 0 Å². The minimum atomic E-state index is -0.201. The average molecular weight is 212 g/mol. The molecule has 1 amide bonds. The van der Waals surface area contributed by atoms with E-state index in [0.29, 0.717) is 18.4 Å². The summed E-state index contributed by atoms with van der Waals surface area (Å²) in [6, 6.07) is 0.338. The summed E-state index contributed by atoms with van der Waals surface area (Å²) < 4.78 is 0. The van der Waals surface area contributed by atoms with Crippen molar-refractivity contribution in [2.24, 2.45) is 5.92 Å². The van der Waals surface area contributed by atoms with E-state index < -0.39 is 0 Å². The van der Waals surface area contributed by atoms with E-state index in [2.05, 4.69) is 10.2 Å². The van der Waals surface area contributed by atoms with Gasteiger partial charge in [0.1, 0.15) is 0 Å². The van der Waals surface area contributed by atoms with Gasteiger partial charge in [0.05, 0.1) is 6.10 Å². The first-order chi connectivity index (χ1) is 7.15. The van der Waals surface area contributed by atoms with Gasteiger partial charge < -0.3 is 15.3 Å². The van der Waals surface area contributed by atoms with E-state index in [4.69, 9.17) is 0 Å². The van der Waals surface area contributed by atoms with Crippen LogP contribution in [0.4, 0.5) is 0 Å². The molecule has 3 unspecified atom stereocenters. The molecule has 4 nitrogen and oxygen atoms in total. The van der Waals surface area contributed by atoms with Crippen LogP contribution in [0, 0.1) is 5.92 Å². The fraction of sp³-hybridized carbons (Fsp3) is 0.909. The highest BCUT2D eigenvalue weighted by Crippen LogP contribution is 2.20. The number of rotatable bonds is 3. The summed E-state index contributed by atoms with van der Waals surface area (Å²) in [4.78, 5) is 13.4. The van der Waals surface area contributed by atoms with E-state index in [-0.39, 0.29) is 12.0 Å².